The van der Waals surface area contributed by atoms with Gasteiger partial charge in [0.15, 0.2) is 0 Å². The first kappa shape index (κ1) is 10.7. The first-order chi connectivity index (χ1) is 6.27. The maximum absolute atomic E-state index is 8.85. The average Bonchev–Trinajstić information content (AvgIpc) is 2.12. The molecule has 1 saturated heterocycles. The van der Waals surface area contributed by atoms with Crippen molar-refractivity contribution in [3.05, 3.63) is 12.7 Å². The van der Waals surface area contributed by atoms with Gasteiger partial charge in [0.1, 0.15) is 0 Å². The highest BCUT2D eigenvalue weighted by molar-refractivity contribution is 4.81. The van der Waals surface area contributed by atoms with Crippen molar-refractivity contribution >= 4 is 0 Å². The Morgan fingerprint density at radius 3 is 2.92 bits per heavy atom. The topological polar surface area (TPSA) is 29.5 Å². The van der Waals surface area contributed by atoms with Crippen LogP contribution in [-0.2, 0) is 4.74 Å². The van der Waals surface area contributed by atoms with Crippen LogP contribution < -0.4 is 0 Å². The van der Waals surface area contributed by atoms with Crippen LogP contribution in [0.25, 0.3) is 0 Å². The van der Waals surface area contributed by atoms with Crippen LogP contribution in [0.15, 0.2) is 12.7 Å². The third-order valence-electron chi connectivity index (χ3n) is 2.79. The molecule has 0 bridgehead atoms. The summed E-state index contributed by atoms with van der Waals surface area (Å²) in [5, 5.41) is 8.85. The summed E-state index contributed by atoms with van der Waals surface area (Å²) < 4.78 is 5.85. The van der Waals surface area contributed by atoms with Gasteiger partial charge in [-0.3, -0.25) is 0 Å². The van der Waals surface area contributed by atoms with Gasteiger partial charge >= 0.3 is 0 Å². The average molecular weight is 184 g/mol. The van der Waals surface area contributed by atoms with Crippen LogP contribution in [0.1, 0.15) is 32.6 Å². The molecule has 0 aromatic carbocycles. The molecule has 0 aromatic rings. The highest BCUT2D eigenvalue weighted by atomic mass is 16.5. The SMILES string of the molecule is C=CC[C@@H]1CC[C@H](C)[C@@H](CCO)O1. The standard InChI is InChI=1S/C11H20O2/c1-3-4-10-6-5-9(2)11(13-10)7-8-12/h3,9-12H,1,4-8H2,2H3/t9-,10+,11+/m0/s1. The fourth-order valence-electron chi connectivity index (χ4n) is 1.92. The van der Waals surface area contributed by atoms with E-state index in [1.807, 2.05) is 6.08 Å². The maximum atomic E-state index is 8.85. The lowest BCUT2D eigenvalue weighted by molar-refractivity contribution is -0.0846. The summed E-state index contributed by atoms with van der Waals surface area (Å²) in [6, 6.07) is 0. The Bertz CT molecular complexity index is 156. The van der Waals surface area contributed by atoms with Crippen LogP contribution in [0.5, 0.6) is 0 Å². The van der Waals surface area contributed by atoms with Crippen molar-refractivity contribution in [2.24, 2.45) is 5.92 Å². The van der Waals surface area contributed by atoms with Crippen molar-refractivity contribution in [3.8, 4) is 0 Å². The van der Waals surface area contributed by atoms with Gasteiger partial charge < -0.3 is 9.84 Å². The summed E-state index contributed by atoms with van der Waals surface area (Å²) >= 11 is 0. The molecule has 0 radical (unpaired) electrons. The zero-order valence-electron chi connectivity index (χ0n) is 8.41. The highest BCUT2D eigenvalue weighted by Gasteiger charge is 2.26. The molecule has 2 nitrogen and oxygen atoms in total. The minimum atomic E-state index is 0.232. The molecule has 2 heteroatoms. The van der Waals surface area contributed by atoms with Gasteiger partial charge in [0.05, 0.1) is 12.2 Å². The van der Waals surface area contributed by atoms with Crippen molar-refractivity contribution in [2.45, 2.75) is 44.8 Å². The van der Waals surface area contributed by atoms with Crippen molar-refractivity contribution in [1.29, 1.82) is 0 Å². The molecule has 0 spiro atoms. The molecular weight excluding hydrogens is 164 g/mol. The van der Waals surface area contributed by atoms with E-state index >= 15 is 0 Å². The normalized spacial score (nSPS) is 34.5. The van der Waals surface area contributed by atoms with Crippen LogP contribution >= 0.6 is 0 Å². The summed E-state index contributed by atoms with van der Waals surface area (Å²) in [5.74, 6) is 0.591. The Morgan fingerprint density at radius 1 is 1.54 bits per heavy atom. The molecule has 1 aliphatic rings. The third-order valence-corrected chi connectivity index (χ3v) is 2.79. The fourth-order valence-corrected chi connectivity index (χ4v) is 1.92. The maximum Gasteiger partial charge on any atom is 0.0626 e. The predicted molar refractivity (Wildman–Crippen MR) is 53.6 cm³/mol. The Morgan fingerprint density at radius 2 is 2.31 bits per heavy atom. The molecule has 1 heterocycles. The molecule has 1 N–H and O–H groups in total. The lowest BCUT2D eigenvalue weighted by atomic mass is 9.91. The summed E-state index contributed by atoms with van der Waals surface area (Å²) in [6.07, 6.45) is 6.56. The molecule has 76 valence electrons. The smallest absolute Gasteiger partial charge is 0.0626 e. The summed E-state index contributed by atoms with van der Waals surface area (Å²) in [5.41, 5.74) is 0. The van der Waals surface area contributed by atoms with Crippen LogP contribution in [0.2, 0.25) is 0 Å². The molecular formula is C11H20O2. The van der Waals surface area contributed by atoms with Crippen LogP contribution in [-0.4, -0.2) is 23.9 Å². The van der Waals surface area contributed by atoms with E-state index in [4.69, 9.17) is 9.84 Å². The van der Waals surface area contributed by atoms with Gasteiger partial charge in [-0.2, -0.15) is 0 Å². The van der Waals surface area contributed by atoms with E-state index in [0.717, 1.165) is 19.3 Å². The number of rotatable bonds is 4. The molecule has 1 aliphatic heterocycles. The number of aliphatic hydroxyl groups excluding tert-OH is 1. The van der Waals surface area contributed by atoms with Gasteiger partial charge in [0.25, 0.3) is 0 Å². The van der Waals surface area contributed by atoms with Gasteiger partial charge in [0.2, 0.25) is 0 Å². The summed E-state index contributed by atoms with van der Waals surface area (Å²) in [4.78, 5) is 0. The molecule has 1 rings (SSSR count). The van der Waals surface area contributed by atoms with Gasteiger partial charge in [-0.25, -0.2) is 0 Å². The van der Waals surface area contributed by atoms with Gasteiger partial charge in [-0.05, 0) is 31.6 Å². The molecule has 13 heavy (non-hydrogen) atoms. The van der Waals surface area contributed by atoms with E-state index in [-0.39, 0.29) is 12.7 Å². The van der Waals surface area contributed by atoms with Gasteiger partial charge in [0, 0.05) is 6.61 Å². The zero-order chi connectivity index (χ0) is 9.68. The summed E-state index contributed by atoms with van der Waals surface area (Å²) in [7, 11) is 0. The molecule has 0 aliphatic carbocycles. The number of aliphatic hydroxyl groups is 1. The largest absolute Gasteiger partial charge is 0.396 e. The molecule has 0 aromatic heterocycles. The molecule has 0 amide bonds. The van der Waals surface area contributed by atoms with E-state index in [1.165, 1.54) is 6.42 Å². The molecule has 3 atom stereocenters. The van der Waals surface area contributed by atoms with Crippen LogP contribution in [0.4, 0.5) is 0 Å². The molecule has 0 unspecified atom stereocenters. The number of hydrogen-bond acceptors (Lipinski definition) is 2. The second-order valence-corrected chi connectivity index (χ2v) is 3.89. The zero-order valence-corrected chi connectivity index (χ0v) is 8.41. The van der Waals surface area contributed by atoms with E-state index in [9.17, 15) is 0 Å². The Labute approximate surface area is 80.6 Å². The first-order valence-corrected chi connectivity index (χ1v) is 5.15. The quantitative estimate of drug-likeness (QED) is 0.678. The van der Waals surface area contributed by atoms with E-state index < -0.39 is 0 Å². The lowest BCUT2D eigenvalue weighted by Gasteiger charge is -2.34. The van der Waals surface area contributed by atoms with Crippen molar-refractivity contribution in [3.63, 3.8) is 0 Å². The van der Waals surface area contributed by atoms with Crippen LogP contribution in [0.3, 0.4) is 0 Å². The number of hydrogen-bond donors (Lipinski definition) is 1. The monoisotopic (exact) mass is 184 g/mol. The van der Waals surface area contributed by atoms with Gasteiger partial charge in [-0.1, -0.05) is 13.0 Å². The van der Waals surface area contributed by atoms with E-state index in [1.54, 1.807) is 0 Å². The fraction of sp³-hybridized carbons (Fsp3) is 0.818. The second kappa shape index (κ2) is 5.40. The van der Waals surface area contributed by atoms with Crippen molar-refractivity contribution in [1.82, 2.24) is 0 Å². The molecule has 1 fully saturated rings. The summed E-state index contributed by atoms with van der Waals surface area (Å²) in [6.45, 7) is 6.15. The third kappa shape index (κ3) is 3.12. The van der Waals surface area contributed by atoms with Crippen molar-refractivity contribution < 1.29 is 9.84 Å². The van der Waals surface area contributed by atoms with Gasteiger partial charge in [-0.15, -0.1) is 6.58 Å². The van der Waals surface area contributed by atoms with Crippen molar-refractivity contribution in [2.75, 3.05) is 6.61 Å². The Balaban J connectivity index is 2.37. The first-order valence-electron chi connectivity index (χ1n) is 5.15. The Kier molecular flexibility index (Phi) is 4.46. The molecule has 0 saturated carbocycles. The van der Waals surface area contributed by atoms with Crippen LogP contribution in [0, 0.1) is 5.92 Å². The Hall–Kier alpha value is -0.340. The number of ether oxygens (including phenoxy) is 1. The predicted octanol–water partition coefficient (Wildman–Crippen LogP) is 2.13. The lowest BCUT2D eigenvalue weighted by Crippen LogP contribution is -2.34. The highest BCUT2D eigenvalue weighted by Crippen LogP contribution is 2.28. The second-order valence-electron chi connectivity index (χ2n) is 3.89. The van der Waals surface area contributed by atoms with E-state index in [0.29, 0.717) is 12.0 Å². The minimum absolute atomic E-state index is 0.232. The van der Waals surface area contributed by atoms with E-state index in [2.05, 4.69) is 13.5 Å². The minimum Gasteiger partial charge on any atom is -0.396 e.